The summed E-state index contributed by atoms with van der Waals surface area (Å²) in [5, 5.41) is 7.34. The zero-order valence-corrected chi connectivity index (χ0v) is 17.5. The van der Waals surface area contributed by atoms with Crippen molar-refractivity contribution in [2.75, 3.05) is 23.7 Å². The van der Waals surface area contributed by atoms with Gasteiger partial charge in [0.25, 0.3) is 0 Å². The first-order valence-corrected chi connectivity index (χ1v) is 10.6. The van der Waals surface area contributed by atoms with Gasteiger partial charge >= 0.3 is 0 Å². The smallest absolute Gasteiger partial charge is 0.125 e. The van der Waals surface area contributed by atoms with E-state index in [2.05, 4.69) is 10.6 Å². The maximum atomic E-state index is 13.7. The number of rotatable bonds is 9. The van der Waals surface area contributed by atoms with E-state index in [1.165, 1.54) is 36.4 Å². The van der Waals surface area contributed by atoms with E-state index in [1.807, 2.05) is 18.2 Å². The fourth-order valence-corrected chi connectivity index (χ4v) is 3.68. The maximum Gasteiger partial charge on any atom is 0.125 e. The number of nitrogens with zero attached hydrogens (tertiary/aromatic N) is 1. The number of aromatic nitrogens is 1. The summed E-state index contributed by atoms with van der Waals surface area (Å²) in [7, 11) is 0. The SMILES string of the molecule is Fc1cccc(NCCCc2nc3cc(F)ccc3cc2CCNc2cccc(F)c2)c1. The number of aryl methyl sites for hydroxylation is 1. The molecule has 1 aromatic heterocycles. The van der Waals surface area contributed by atoms with Gasteiger partial charge in [-0.1, -0.05) is 12.1 Å². The lowest BCUT2D eigenvalue weighted by molar-refractivity contribution is 0.627. The van der Waals surface area contributed by atoms with Crippen molar-refractivity contribution >= 4 is 22.3 Å². The van der Waals surface area contributed by atoms with Crippen molar-refractivity contribution in [2.45, 2.75) is 19.3 Å². The van der Waals surface area contributed by atoms with Crippen LogP contribution in [0.15, 0.2) is 72.8 Å². The Kier molecular flexibility index (Phi) is 6.90. The summed E-state index contributed by atoms with van der Waals surface area (Å²) in [5.41, 5.74) is 4.06. The number of hydrogen-bond donors (Lipinski definition) is 2. The van der Waals surface area contributed by atoms with Crippen molar-refractivity contribution in [3.05, 3.63) is 102 Å². The minimum Gasteiger partial charge on any atom is -0.385 e. The molecule has 1 heterocycles. The molecule has 0 aliphatic carbocycles. The Balaban J connectivity index is 1.44. The molecule has 0 aliphatic rings. The largest absolute Gasteiger partial charge is 0.385 e. The van der Waals surface area contributed by atoms with Crippen molar-refractivity contribution in [1.82, 2.24) is 4.98 Å². The highest BCUT2D eigenvalue weighted by molar-refractivity contribution is 5.79. The monoisotopic (exact) mass is 435 g/mol. The third-order valence-electron chi connectivity index (χ3n) is 5.24. The first-order chi connectivity index (χ1) is 15.6. The van der Waals surface area contributed by atoms with Crippen LogP contribution in [0.5, 0.6) is 0 Å². The first-order valence-electron chi connectivity index (χ1n) is 10.6. The molecule has 0 saturated heterocycles. The Labute approximate surface area is 185 Å². The lowest BCUT2D eigenvalue weighted by Gasteiger charge is -2.13. The first kappa shape index (κ1) is 21.7. The van der Waals surface area contributed by atoms with Crippen molar-refractivity contribution in [3.8, 4) is 0 Å². The predicted molar refractivity (Wildman–Crippen MR) is 124 cm³/mol. The third kappa shape index (κ3) is 5.78. The van der Waals surface area contributed by atoms with Gasteiger partial charge in [-0.25, -0.2) is 13.2 Å². The van der Waals surface area contributed by atoms with Crippen LogP contribution in [0.2, 0.25) is 0 Å². The van der Waals surface area contributed by atoms with Crippen LogP contribution in [-0.4, -0.2) is 18.1 Å². The van der Waals surface area contributed by atoms with E-state index in [0.717, 1.165) is 34.4 Å². The van der Waals surface area contributed by atoms with E-state index in [1.54, 1.807) is 18.2 Å². The zero-order chi connectivity index (χ0) is 22.3. The second-order valence-electron chi connectivity index (χ2n) is 7.66. The van der Waals surface area contributed by atoms with Crippen molar-refractivity contribution < 1.29 is 13.2 Å². The van der Waals surface area contributed by atoms with Crippen LogP contribution >= 0.6 is 0 Å². The van der Waals surface area contributed by atoms with Gasteiger partial charge in [0.1, 0.15) is 17.5 Å². The molecule has 2 N–H and O–H groups in total. The molecule has 0 spiro atoms. The molecule has 164 valence electrons. The summed E-state index contributed by atoms with van der Waals surface area (Å²) in [5.74, 6) is -0.874. The van der Waals surface area contributed by atoms with Crippen LogP contribution in [0.4, 0.5) is 24.5 Å². The number of anilines is 2. The molecule has 32 heavy (non-hydrogen) atoms. The molecule has 0 aliphatic heterocycles. The summed E-state index contributed by atoms with van der Waals surface area (Å²) in [6.07, 6.45) is 2.18. The number of halogens is 3. The highest BCUT2D eigenvalue weighted by atomic mass is 19.1. The number of hydrogen-bond acceptors (Lipinski definition) is 3. The van der Waals surface area contributed by atoms with Crippen LogP contribution < -0.4 is 10.6 Å². The van der Waals surface area contributed by atoms with Gasteiger partial charge in [-0.3, -0.25) is 4.98 Å². The molecule has 0 bridgehead atoms. The molecule has 0 radical (unpaired) electrons. The van der Waals surface area contributed by atoms with E-state index in [9.17, 15) is 13.2 Å². The van der Waals surface area contributed by atoms with Crippen molar-refractivity contribution in [1.29, 1.82) is 0 Å². The molecule has 0 unspecified atom stereocenters. The summed E-state index contributed by atoms with van der Waals surface area (Å²) in [4.78, 5) is 4.72. The molecule has 0 saturated carbocycles. The van der Waals surface area contributed by atoms with E-state index < -0.39 is 0 Å². The molecule has 0 fully saturated rings. The fraction of sp³-hybridized carbons (Fsp3) is 0.192. The minimum atomic E-state index is -0.316. The molecule has 6 heteroatoms. The molecular weight excluding hydrogens is 411 g/mol. The molecule has 3 aromatic carbocycles. The molecule has 0 amide bonds. The summed E-state index contributed by atoms with van der Waals surface area (Å²) < 4.78 is 40.4. The van der Waals surface area contributed by atoms with E-state index >= 15 is 0 Å². The summed E-state index contributed by atoms with van der Waals surface area (Å²) in [6.45, 7) is 1.28. The topological polar surface area (TPSA) is 37.0 Å². The molecular formula is C26H24F3N3. The quantitative estimate of drug-likeness (QED) is 0.301. The Hall–Kier alpha value is -3.54. The van der Waals surface area contributed by atoms with E-state index in [4.69, 9.17) is 4.98 Å². The number of pyridine rings is 1. The van der Waals surface area contributed by atoms with Crippen LogP contribution in [-0.2, 0) is 12.8 Å². The molecule has 4 rings (SSSR count). The highest BCUT2D eigenvalue weighted by Crippen LogP contribution is 2.20. The minimum absolute atomic E-state index is 0.277. The zero-order valence-electron chi connectivity index (χ0n) is 17.5. The van der Waals surface area contributed by atoms with Gasteiger partial charge in [0.05, 0.1) is 5.52 Å². The van der Waals surface area contributed by atoms with Gasteiger partial charge in [0.15, 0.2) is 0 Å². The Morgan fingerprint density at radius 3 is 2.00 bits per heavy atom. The Morgan fingerprint density at radius 1 is 0.656 bits per heavy atom. The lowest BCUT2D eigenvalue weighted by atomic mass is 10.0. The highest BCUT2D eigenvalue weighted by Gasteiger charge is 2.09. The van der Waals surface area contributed by atoms with Crippen LogP contribution in [0.3, 0.4) is 0 Å². The molecule has 0 atom stereocenters. The normalized spacial score (nSPS) is 11.0. The maximum absolute atomic E-state index is 13.7. The van der Waals surface area contributed by atoms with Gasteiger partial charge in [0.2, 0.25) is 0 Å². The number of benzene rings is 3. The second-order valence-corrected chi connectivity index (χ2v) is 7.66. The fourth-order valence-electron chi connectivity index (χ4n) is 3.68. The Morgan fingerprint density at radius 2 is 1.31 bits per heavy atom. The lowest BCUT2D eigenvalue weighted by Crippen LogP contribution is -2.10. The van der Waals surface area contributed by atoms with Gasteiger partial charge in [-0.05, 0) is 79.4 Å². The van der Waals surface area contributed by atoms with E-state index in [0.29, 0.717) is 31.4 Å². The summed E-state index contributed by atoms with van der Waals surface area (Å²) >= 11 is 0. The Bertz CT molecular complexity index is 1210. The van der Waals surface area contributed by atoms with Crippen LogP contribution in [0.1, 0.15) is 17.7 Å². The van der Waals surface area contributed by atoms with Gasteiger partial charge in [-0.15, -0.1) is 0 Å². The molecule has 3 nitrogen and oxygen atoms in total. The third-order valence-corrected chi connectivity index (χ3v) is 5.24. The van der Waals surface area contributed by atoms with Crippen molar-refractivity contribution in [3.63, 3.8) is 0 Å². The molecule has 4 aromatic rings. The standard InChI is InChI=1S/C26H24F3N3/c27-20-4-1-6-23(15-20)30-12-3-8-25-19(11-13-31-24-7-2-5-21(28)16-24)14-18-9-10-22(29)17-26(18)32-25/h1-2,4-7,9-10,14-17,30-31H,3,8,11-13H2. The van der Waals surface area contributed by atoms with Crippen molar-refractivity contribution in [2.24, 2.45) is 0 Å². The average molecular weight is 435 g/mol. The second kappa shape index (κ2) is 10.2. The summed E-state index contributed by atoms with van der Waals surface area (Å²) in [6, 6.07) is 19.4. The van der Waals surface area contributed by atoms with Gasteiger partial charge in [-0.2, -0.15) is 0 Å². The number of fused-ring (bicyclic) bond motifs is 1. The van der Waals surface area contributed by atoms with Gasteiger partial charge < -0.3 is 10.6 Å². The number of nitrogens with one attached hydrogen (secondary N) is 2. The van der Waals surface area contributed by atoms with Crippen LogP contribution in [0.25, 0.3) is 10.9 Å². The average Bonchev–Trinajstić information content (AvgIpc) is 2.77. The van der Waals surface area contributed by atoms with Crippen LogP contribution in [0, 0.1) is 17.5 Å². The van der Waals surface area contributed by atoms with E-state index in [-0.39, 0.29) is 17.5 Å². The predicted octanol–water partition coefficient (Wildman–Crippen LogP) is 6.35. The van der Waals surface area contributed by atoms with Gasteiger partial charge in [0, 0.05) is 41.6 Å².